The molecule has 1 heterocycles. The van der Waals surface area contributed by atoms with E-state index in [4.69, 9.17) is 0 Å². The van der Waals surface area contributed by atoms with Crippen molar-refractivity contribution in [3.63, 3.8) is 0 Å². The van der Waals surface area contributed by atoms with Gasteiger partial charge in [-0.25, -0.2) is 4.98 Å². The van der Waals surface area contributed by atoms with Crippen molar-refractivity contribution < 1.29 is 4.92 Å². The first-order valence-electron chi connectivity index (χ1n) is 7.55. The van der Waals surface area contributed by atoms with Crippen LogP contribution in [0.1, 0.15) is 28.1 Å². The minimum Gasteiger partial charge on any atom is -0.323 e. The first-order valence-corrected chi connectivity index (χ1v) is 7.55. The lowest BCUT2D eigenvalue weighted by molar-refractivity contribution is -0.383. The number of imidazole rings is 1. The van der Waals surface area contributed by atoms with Crippen LogP contribution in [-0.2, 0) is 6.54 Å². The van der Waals surface area contributed by atoms with Crippen LogP contribution in [-0.4, -0.2) is 14.5 Å². The molecule has 0 bridgehead atoms. The number of nitro benzene ring substituents is 1. The fourth-order valence-corrected chi connectivity index (χ4v) is 3.00. The lowest BCUT2D eigenvalue weighted by Crippen LogP contribution is -2.03. The highest BCUT2D eigenvalue weighted by Gasteiger charge is 2.23. The number of aromatic nitrogens is 2. The Balaban J connectivity index is 2.22. The Morgan fingerprint density at radius 3 is 2.57 bits per heavy atom. The number of aryl methyl sites for hydroxylation is 3. The normalized spacial score (nSPS) is 11.1. The predicted molar refractivity (Wildman–Crippen MR) is 90.9 cm³/mol. The molecule has 0 radical (unpaired) electrons. The van der Waals surface area contributed by atoms with E-state index < -0.39 is 0 Å². The molecule has 0 aliphatic heterocycles. The van der Waals surface area contributed by atoms with Crippen molar-refractivity contribution in [3.05, 3.63) is 68.5 Å². The molecular formula is C18H19N3O2. The van der Waals surface area contributed by atoms with E-state index in [1.54, 1.807) is 6.92 Å². The standard InChI is InChI=1S/C18H19N3O2/c1-11-6-5-7-15(8-11)10-20-14(4)19-17-16(20)9-12(2)13(3)18(17)21(22)23/h5-9H,10H2,1-4H3. The van der Waals surface area contributed by atoms with Gasteiger partial charge in [-0.05, 0) is 44.9 Å². The Morgan fingerprint density at radius 2 is 1.91 bits per heavy atom. The highest BCUT2D eigenvalue weighted by Crippen LogP contribution is 2.32. The maximum atomic E-state index is 11.5. The molecule has 0 saturated carbocycles. The van der Waals surface area contributed by atoms with Crippen molar-refractivity contribution in [2.45, 2.75) is 34.2 Å². The Bertz CT molecular complexity index is 926. The minimum atomic E-state index is -0.325. The summed E-state index contributed by atoms with van der Waals surface area (Å²) in [4.78, 5) is 15.6. The molecule has 2 aromatic carbocycles. The van der Waals surface area contributed by atoms with Gasteiger partial charge in [0.1, 0.15) is 5.82 Å². The summed E-state index contributed by atoms with van der Waals surface area (Å²) >= 11 is 0. The summed E-state index contributed by atoms with van der Waals surface area (Å²) in [5.41, 5.74) is 5.36. The van der Waals surface area contributed by atoms with Gasteiger partial charge >= 0.3 is 0 Å². The Kier molecular flexibility index (Phi) is 3.64. The summed E-state index contributed by atoms with van der Waals surface area (Å²) in [6, 6.07) is 10.3. The molecule has 0 N–H and O–H groups in total. The third kappa shape index (κ3) is 2.59. The summed E-state index contributed by atoms with van der Waals surface area (Å²) in [6.45, 7) is 8.29. The first kappa shape index (κ1) is 15.2. The first-order chi connectivity index (χ1) is 10.9. The second-order valence-electron chi connectivity index (χ2n) is 6.03. The lowest BCUT2D eigenvalue weighted by atomic mass is 10.1. The quantitative estimate of drug-likeness (QED) is 0.537. The molecule has 3 rings (SSSR count). The maximum Gasteiger partial charge on any atom is 0.300 e. The van der Waals surface area contributed by atoms with Crippen molar-refractivity contribution >= 4 is 16.7 Å². The van der Waals surface area contributed by atoms with E-state index in [9.17, 15) is 10.1 Å². The second-order valence-corrected chi connectivity index (χ2v) is 6.03. The van der Waals surface area contributed by atoms with E-state index in [-0.39, 0.29) is 10.6 Å². The van der Waals surface area contributed by atoms with Crippen molar-refractivity contribution in [2.75, 3.05) is 0 Å². The van der Waals surface area contributed by atoms with Gasteiger partial charge in [-0.1, -0.05) is 29.8 Å². The summed E-state index contributed by atoms with van der Waals surface area (Å²) in [5.74, 6) is 0.787. The van der Waals surface area contributed by atoms with E-state index in [1.165, 1.54) is 5.56 Å². The number of fused-ring (bicyclic) bond motifs is 1. The van der Waals surface area contributed by atoms with Gasteiger partial charge < -0.3 is 4.57 Å². The third-order valence-corrected chi connectivity index (χ3v) is 4.33. The van der Waals surface area contributed by atoms with Gasteiger partial charge in [0, 0.05) is 12.1 Å². The highest BCUT2D eigenvalue weighted by molar-refractivity contribution is 5.88. The number of hydrogen-bond donors (Lipinski definition) is 0. The summed E-state index contributed by atoms with van der Waals surface area (Å²) in [6.07, 6.45) is 0. The molecule has 5 heteroatoms. The van der Waals surface area contributed by atoms with Gasteiger partial charge in [0.2, 0.25) is 0 Å². The Morgan fingerprint density at radius 1 is 1.17 bits per heavy atom. The van der Waals surface area contributed by atoms with E-state index in [1.807, 2.05) is 30.5 Å². The lowest BCUT2D eigenvalue weighted by Gasteiger charge is -2.09. The smallest absolute Gasteiger partial charge is 0.300 e. The van der Waals surface area contributed by atoms with Crippen LogP contribution in [0, 0.1) is 37.8 Å². The molecule has 0 aliphatic rings. The number of rotatable bonds is 3. The summed E-state index contributed by atoms with van der Waals surface area (Å²) < 4.78 is 2.05. The zero-order valence-electron chi connectivity index (χ0n) is 13.8. The molecular weight excluding hydrogens is 290 g/mol. The van der Waals surface area contributed by atoms with Crippen LogP contribution in [0.5, 0.6) is 0 Å². The summed E-state index contributed by atoms with van der Waals surface area (Å²) in [7, 11) is 0. The fourth-order valence-electron chi connectivity index (χ4n) is 3.00. The predicted octanol–water partition coefficient (Wildman–Crippen LogP) is 4.23. The fraction of sp³-hybridized carbons (Fsp3) is 0.278. The molecule has 23 heavy (non-hydrogen) atoms. The molecule has 0 spiro atoms. The molecule has 0 saturated heterocycles. The van der Waals surface area contributed by atoms with Crippen molar-refractivity contribution in [1.82, 2.24) is 9.55 Å². The van der Waals surface area contributed by atoms with Crippen LogP contribution in [0.25, 0.3) is 11.0 Å². The number of nitrogens with zero attached hydrogens (tertiary/aromatic N) is 3. The molecule has 3 aromatic rings. The zero-order valence-corrected chi connectivity index (χ0v) is 13.8. The van der Waals surface area contributed by atoms with Crippen LogP contribution in [0.4, 0.5) is 5.69 Å². The Hall–Kier alpha value is -2.69. The van der Waals surface area contributed by atoms with Gasteiger partial charge in [0.25, 0.3) is 5.69 Å². The summed E-state index contributed by atoms with van der Waals surface area (Å²) in [5, 5.41) is 11.5. The highest BCUT2D eigenvalue weighted by atomic mass is 16.6. The van der Waals surface area contributed by atoms with Crippen molar-refractivity contribution in [2.24, 2.45) is 0 Å². The molecule has 0 fully saturated rings. The number of benzene rings is 2. The van der Waals surface area contributed by atoms with E-state index in [0.29, 0.717) is 17.6 Å². The van der Waals surface area contributed by atoms with Crippen LogP contribution in [0.2, 0.25) is 0 Å². The molecule has 0 atom stereocenters. The maximum absolute atomic E-state index is 11.5. The van der Waals surface area contributed by atoms with Gasteiger partial charge in [0.15, 0.2) is 5.52 Å². The van der Waals surface area contributed by atoms with Gasteiger partial charge in [-0.2, -0.15) is 0 Å². The SMILES string of the molecule is Cc1cccc(Cn2c(C)nc3c([N+](=O)[O-])c(C)c(C)cc32)c1. The molecule has 0 unspecified atom stereocenters. The van der Waals surface area contributed by atoms with Crippen LogP contribution < -0.4 is 0 Å². The monoisotopic (exact) mass is 309 g/mol. The average molecular weight is 309 g/mol. The van der Waals surface area contributed by atoms with Crippen LogP contribution in [0.15, 0.2) is 30.3 Å². The minimum absolute atomic E-state index is 0.117. The average Bonchev–Trinajstić information content (AvgIpc) is 2.76. The van der Waals surface area contributed by atoms with Crippen molar-refractivity contribution in [3.8, 4) is 0 Å². The number of hydrogen-bond acceptors (Lipinski definition) is 3. The Labute approximate surface area is 134 Å². The van der Waals surface area contributed by atoms with E-state index in [2.05, 4.69) is 30.1 Å². The van der Waals surface area contributed by atoms with Gasteiger partial charge in [0.05, 0.1) is 10.4 Å². The molecule has 0 amide bonds. The topological polar surface area (TPSA) is 61.0 Å². The molecule has 5 nitrogen and oxygen atoms in total. The van der Waals surface area contributed by atoms with E-state index >= 15 is 0 Å². The van der Waals surface area contributed by atoms with Crippen LogP contribution >= 0.6 is 0 Å². The third-order valence-electron chi connectivity index (χ3n) is 4.33. The zero-order chi connectivity index (χ0) is 16.7. The van der Waals surface area contributed by atoms with Crippen molar-refractivity contribution in [1.29, 1.82) is 0 Å². The number of nitro groups is 1. The van der Waals surface area contributed by atoms with Crippen LogP contribution in [0.3, 0.4) is 0 Å². The van der Waals surface area contributed by atoms with Gasteiger partial charge in [-0.3, -0.25) is 10.1 Å². The van der Waals surface area contributed by atoms with E-state index in [0.717, 1.165) is 22.5 Å². The second kappa shape index (κ2) is 5.50. The molecule has 1 aromatic heterocycles. The largest absolute Gasteiger partial charge is 0.323 e. The van der Waals surface area contributed by atoms with Gasteiger partial charge in [-0.15, -0.1) is 0 Å². The molecule has 0 aliphatic carbocycles. The molecule has 118 valence electrons.